The van der Waals surface area contributed by atoms with Crippen molar-refractivity contribution in [3.63, 3.8) is 0 Å². The Bertz CT molecular complexity index is 1790. The summed E-state index contributed by atoms with van der Waals surface area (Å²) in [5.41, 5.74) is 8.29. The number of quaternary nitrogens is 2. The van der Waals surface area contributed by atoms with Gasteiger partial charge in [0.1, 0.15) is 31.1 Å². The third kappa shape index (κ3) is 2.35. The van der Waals surface area contributed by atoms with Crippen LogP contribution in [0.15, 0.2) is 72.3 Å². The SMILES string of the molecule is C[N@+]12CC[C@]34c5ccccc5N5[C@@H]6OCC=C7C(C1)[N@@+]1(C)CC[C@@]89c%10ccccc%10N([C@@H]%10OCC=C[C@@H](C[C@@H]32)[C@@H]%10[C@@H]54)[C@H]8[C@@H]6[C@H]7C[C@@H]91. The maximum atomic E-state index is 7.47. The van der Waals surface area contributed by atoms with Gasteiger partial charge in [-0.15, -0.1) is 0 Å². The van der Waals surface area contributed by atoms with Gasteiger partial charge in [0.2, 0.25) is 0 Å². The first-order chi connectivity index (χ1) is 22.5. The van der Waals surface area contributed by atoms with Crippen LogP contribution in [0, 0.1) is 23.7 Å². The number of benzene rings is 2. The highest BCUT2D eigenvalue weighted by Crippen LogP contribution is 2.72. The second-order valence-corrected chi connectivity index (χ2v) is 17.8. The van der Waals surface area contributed by atoms with Crippen molar-refractivity contribution in [2.75, 3.05) is 56.7 Å². The second-order valence-electron chi connectivity index (χ2n) is 17.8. The number of nitrogens with zero attached hydrogens (tertiary/aromatic N) is 4. The summed E-state index contributed by atoms with van der Waals surface area (Å²) in [6, 6.07) is 22.0. The minimum Gasteiger partial charge on any atom is -0.354 e. The molecule has 2 aromatic rings. The van der Waals surface area contributed by atoms with Crippen LogP contribution >= 0.6 is 0 Å². The van der Waals surface area contributed by atoms with Crippen LogP contribution in [0.5, 0.6) is 0 Å². The molecule has 2 spiro atoms. The molecule has 2 saturated carbocycles. The summed E-state index contributed by atoms with van der Waals surface area (Å²) in [7, 11) is 5.41. The summed E-state index contributed by atoms with van der Waals surface area (Å²) in [5, 5.41) is 0. The highest BCUT2D eigenvalue weighted by atomic mass is 16.5. The van der Waals surface area contributed by atoms with Crippen molar-refractivity contribution >= 4 is 11.4 Å². The smallest absolute Gasteiger partial charge is 0.161 e. The summed E-state index contributed by atoms with van der Waals surface area (Å²) in [4.78, 5) is 5.94. The molecule has 46 heavy (non-hydrogen) atoms. The van der Waals surface area contributed by atoms with Gasteiger partial charge < -0.3 is 28.2 Å². The Kier molecular flexibility index (Phi) is 4.22. The largest absolute Gasteiger partial charge is 0.354 e. The van der Waals surface area contributed by atoms with E-state index in [-0.39, 0.29) is 23.3 Å². The fraction of sp³-hybridized carbons (Fsp3) is 0.600. The molecular weight excluding hydrogens is 568 g/mol. The number of allylic oxidation sites excluding steroid dienone is 1. The van der Waals surface area contributed by atoms with E-state index in [0.29, 0.717) is 53.9 Å². The lowest BCUT2D eigenvalue weighted by atomic mass is 9.52. The number of fused-ring (bicyclic) bond motifs is 5. The summed E-state index contributed by atoms with van der Waals surface area (Å²) in [6.07, 6.45) is 12.9. The minimum absolute atomic E-state index is 0.0656. The number of para-hydroxylation sites is 2. The molecule has 13 rings (SSSR count). The number of piperidine rings is 1. The van der Waals surface area contributed by atoms with Gasteiger partial charge in [0.15, 0.2) is 6.04 Å². The van der Waals surface area contributed by atoms with Crippen molar-refractivity contribution in [3.8, 4) is 0 Å². The highest BCUT2D eigenvalue weighted by molar-refractivity contribution is 5.71. The lowest BCUT2D eigenvalue weighted by Gasteiger charge is -2.64. The predicted octanol–water partition coefficient (Wildman–Crippen LogP) is 4.55. The van der Waals surface area contributed by atoms with E-state index in [0.717, 1.165) is 13.2 Å². The molecule has 0 N–H and O–H groups in total. The molecule has 2 aliphatic carbocycles. The van der Waals surface area contributed by atoms with Gasteiger partial charge in [-0.2, -0.15) is 0 Å². The Morgan fingerprint density at radius 1 is 0.761 bits per heavy atom. The first-order valence-corrected chi connectivity index (χ1v) is 18.6. The van der Waals surface area contributed by atoms with Gasteiger partial charge in [0, 0.05) is 54.8 Å². The molecule has 11 bridgehead atoms. The maximum absolute atomic E-state index is 7.47. The average Bonchev–Trinajstić information content (AvgIpc) is 3.63. The Labute approximate surface area is 272 Å². The number of anilines is 2. The van der Waals surface area contributed by atoms with Gasteiger partial charge >= 0.3 is 0 Å². The quantitative estimate of drug-likeness (QED) is 0.321. The first-order valence-electron chi connectivity index (χ1n) is 18.6. The van der Waals surface area contributed by atoms with Crippen LogP contribution in [0.25, 0.3) is 0 Å². The zero-order chi connectivity index (χ0) is 29.9. The Morgan fingerprint density at radius 3 is 2.24 bits per heavy atom. The van der Waals surface area contributed by atoms with Crippen molar-refractivity contribution in [1.82, 2.24) is 0 Å². The van der Waals surface area contributed by atoms with E-state index >= 15 is 0 Å². The first kappa shape index (κ1) is 25.4. The molecule has 15 atom stereocenters. The molecule has 9 heterocycles. The van der Waals surface area contributed by atoms with Crippen molar-refractivity contribution in [2.24, 2.45) is 23.7 Å². The van der Waals surface area contributed by atoms with Gasteiger partial charge in [0.25, 0.3) is 0 Å². The standard InChI is InChI=1S/C40H46N4O2/c1-43-16-14-39-26-9-3-5-11-28(26)41-35(39)33-23(20-31(39)43)8-7-18-45-37(33)42-29-12-6-4-10-27(29)40-15-17-44(2)30(22-43)24-13-19-46-38(41)34(36(40)42)25(24)21-32(40)44/h3-13,23,25,30-38H,14-22H2,1-2H3/q+2/t23-,25-,30?,31-,32-,33+,34-,35+,36-,37+,38+,39-,40-,43-,44+/m0/s1. The predicted molar refractivity (Wildman–Crippen MR) is 176 cm³/mol. The van der Waals surface area contributed by atoms with Gasteiger partial charge in [-0.3, -0.25) is 0 Å². The lowest BCUT2D eigenvalue weighted by Crippen LogP contribution is -2.77. The van der Waals surface area contributed by atoms with Crippen molar-refractivity contribution < 1.29 is 18.4 Å². The minimum atomic E-state index is 0.0656. The van der Waals surface area contributed by atoms with Gasteiger partial charge in [-0.1, -0.05) is 54.6 Å². The number of rotatable bonds is 0. The van der Waals surface area contributed by atoms with Gasteiger partial charge in [0.05, 0.1) is 63.3 Å². The van der Waals surface area contributed by atoms with Crippen LogP contribution < -0.4 is 9.80 Å². The topological polar surface area (TPSA) is 24.9 Å². The molecule has 236 valence electrons. The van der Waals surface area contributed by atoms with E-state index in [1.54, 1.807) is 16.7 Å². The van der Waals surface area contributed by atoms with Crippen LogP contribution in [0.3, 0.4) is 0 Å². The Morgan fingerprint density at radius 2 is 1.43 bits per heavy atom. The zero-order valence-electron chi connectivity index (χ0n) is 27.2. The van der Waals surface area contributed by atoms with E-state index in [2.05, 4.69) is 90.7 Å². The van der Waals surface area contributed by atoms with Crippen LogP contribution in [-0.2, 0) is 20.3 Å². The Hall–Kier alpha value is -2.64. The van der Waals surface area contributed by atoms with E-state index < -0.39 is 0 Å². The van der Waals surface area contributed by atoms with E-state index in [4.69, 9.17) is 9.47 Å². The van der Waals surface area contributed by atoms with Crippen LogP contribution in [0.4, 0.5) is 11.4 Å². The molecule has 6 nitrogen and oxygen atoms in total. The molecule has 9 aliphatic heterocycles. The summed E-state index contributed by atoms with van der Waals surface area (Å²) in [5.74, 6) is 1.85. The normalized spacial score (nSPS) is 54.7. The summed E-state index contributed by atoms with van der Waals surface area (Å²) in [6.45, 7) is 5.32. The van der Waals surface area contributed by atoms with Gasteiger partial charge in [-0.05, 0) is 34.8 Å². The molecule has 5 saturated heterocycles. The number of hydrogen-bond donors (Lipinski definition) is 0. The molecular formula is C40H46N4O2+2. The van der Waals surface area contributed by atoms with Crippen LogP contribution in [0.2, 0.25) is 0 Å². The fourth-order valence-electron chi connectivity index (χ4n) is 15.9. The summed E-state index contributed by atoms with van der Waals surface area (Å²) >= 11 is 0. The molecule has 11 aliphatic rings. The monoisotopic (exact) mass is 614 g/mol. The average molecular weight is 615 g/mol. The maximum Gasteiger partial charge on any atom is 0.161 e. The molecule has 0 aromatic heterocycles. The molecule has 1 unspecified atom stereocenters. The van der Waals surface area contributed by atoms with E-state index in [9.17, 15) is 0 Å². The number of hydrogen-bond acceptors (Lipinski definition) is 4. The van der Waals surface area contributed by atoms with E-state index in [1.807, 2.05) is 0 Å². The fourth-order valence-corrected chi connectivity index (χ4v) is 15.9. The summed E-state index contributed by atoms with van der Waals surface area (Å²) < 4.78 is 17.3. The molecule has 7 fully saturated rings. The van der Waals surface area contributed by atoms with Crippen molar-refractivity contribution in [2.45, 2.75) is 79.2 Å². The molecule has 0 radical (unpaired) electrons. The van der Waals surface area contributed by atoms with Crippen LogP contribution in [-0.4, -0.2) is 98.6 Å². The van der Waals surface area contributed by atoms with E-state index in [1.165, 1.54) is 65.7 Å². The van der Waals surface area contributed by atoms with Crippen molar-refractivity contribution in [3.05, 3.63) is 83.5 Å². The highest BCUT2D eigenvalue weighted by Gasteiger charge is 2.81. The third-order valence-corrected chi connectivity index (χ3v) is 17.0. The Balaban J connectivity index is 1.23. The number of ether oxygens (including phenoxy) is 2. The second kappa shape index (κ2) is 7.64. The number of likely N-dealkylation sites (N-methyl/N-ethyl adjacent to an activating group) is 2. The van der Waals surface area contributed by atoms with Crippen molar-refractivity contribution in [1.29, 1.82) is 0 Å². The molecule has 6 heteroatoms. The zero-order valence-corrected chi connectivity index (χ0v) is 27.2. The van der Waals surface area contributed by atoms with Gasteiger partial charge in [-0.25, -0.2) is 0 Å². The third-order valence-electron chi connectivity index (χ3n) is 17.0. The molecule has 0 amide bonds. The molecule has 2 aromatic carbocycles. The van der Waals surface area contributed by atoms with Crippen LogP contribution in [0.1, 0.15) is 36.8 Å². The lowest BCUT2D eigenvalue weighted by molar-refractivity contribution is -0.994.